The maximum absolute atomic E-state index is 13.1. The van der Waals surface area contributed by atoms with E-state index in [4.69, 9.17) is 0 Å². The molecule has 3 aromatic rings. The Kier molecular flexibility index (Phi) is 4.86. The van der Waals surface area contributed by atoms with Crippen molar-refractivity contribution in [3.63, 3.8) is 0 Å². The molecule has 1 aromatic heterocycles. The van der Waals surface area contributed by atoms with Crippen LogP contribution in [0.3, 0.4) is 0 Å². The first kappa shape index (κ1) is 19.8. The van der Waals surface area contributed by atoms with Gasteiger partial charge < -0.3 is 5.11 Å². The summed E-state index contributed by atoms with van der Waals surface area (Å²) in [5.74, 6) is -0.527. The van der Waals surface area contributed by atoms with Gasteiger partial charge in [0.15, 0.2) is 9.84 Å². The fourth-order valence-electron chi connectivity index (χ4n) is 3.59. The van der Waals surface area contributed by atoms with Crippen LogP contribution >= 0.6 is 0 Å². The highest BCUT2D eigenvalue weighted by Gasteiger charge is 2.27. The van der Waals surface area contributed by atoms with Gasteiger partial charge in [0.05, 0.1) is 28.0 Å². The van der Waals surface area contributed by atoms with Crippen LogP contribution in [0.5, 0.6) is 5.88 Å². The number of hydrogen-bond acceptors (Lipinski definition) is 7. The zero-order chi connectivity index (χ0) is 21.5. The molecular weight excluding hydrogens is 410 g/mol. The van der Waals surface area contributed by atoms with E-state index in [0.717, 1.165) is 4.57 Å². The fourth-order valence-corrected chi connectivity index (χ4v) is 5.23. The average Bonchev–Trinajstić information content (AvgIpc) is 3.07. The molecule has 0 aliphatic carbocycles. The Morgan fingerprint density at radius 1 is 1.13 bits per heavy atom. The van der Waals surface area contributed by atoms with Gasteiger partial charge in [-0.3, -0.25) is 19.9 Å². The molecule has 0 amide bonds. The largest absolute Gasteiger partial charge is 0.494 e. The number of aliphatic imine (C=N–C) groups is 1. The molecule has 0 spiro atoms. The van der Waals surface area contributed by atoms with Crippen LogP contribution in [0.2, 0.25) is 0 Å². The molecule has 30 heavy (non-hydrogen) atoms. The van der Waals surface area contributed by atoms with Crippen molar-refractivity contribution in [2.75, 3.05) is 11.5 Å². The van der Waals surface area contributed by atoms with Crippen molar-refractivity contribution in [2.24, 2.45) is 4.99 Å². The van der Waals surface area contributed by atoms with Gasteiger partial charge in [0.1, 0.15) is 5.69 Å². The van der Waals surface area contributed by atoms with Crippen molar-refractivity contribution in [1.29, 1.82) is 0 Å². The second-order valence-corrected chi connectivity index (χ2v) is 9.23. The Labute approximate surface area is 171 Å². The van der Waals surface area contributed by atoms with Crippen molar-refractivity contribution in [3.05, 3.63) is 74.6 Å². The minimum atomic E-state index is -3.13. The van der Waals surface area contributed by atoms with E-state index >= 15 is 0 Å². The van der Waals surface area contributed by atoms with Gasteiger partial charge in [0.2, 0.25) is 5.88 Å². The van der Waals surface area contributed by atoms with E-state index < -0.39 is 32.2 Å². The molecule has 2 heterocycles. The van der Waals surface area contributed by atoms with Crippen LogP contribution in [0.25, 0.3) is 16.5 Å². The molecule has 0 saturated carbocycles. The van der Waals surface area contributed by atoms with Crippen molar-refractivity contribution in [1.82, 2.24) is 4.57 Å². The SMILES string of the molecule is O=c1c2ccccc2c(C=N[C@H]2CCS(=O)(=O)C2)c(O)n1-c1ccccc1[N+](=O)[O-]. The minimum Gasteiger partial charge on any atom is -0.494 e. The van der Waals surface area contributed by atoms with E-state index in [1.165, 1.54) is 30.5 Å². The van der Waals surface area contributed by atoms with Crippen LogP contribution < -0.4 is 5.56 Å². The Morgan fingerprint density at radius 2 is 1.80 bits per heavy atom. The molecule has 0 radical (unpaired) electrons. The number of hydrogen-bond donors (Lipinski definition) is 1. The number of aromatic nitrogens is 1. The zero-order valence-corrected chi connectivity index (χ0v) is 16.4. The van der Waals surface area contributed by atoms with Crippen LogP contribution in [-0.2, 0) is 9.84 Å². The molecule has 4 rings (SSSR count). The molecular formula is C20H17N3O6S. The monoisotopic (exact) mass is 427 g/mol. The van der Waals surface area contributed by atoms with E-state index in [1.54, 1.807) is 24.3 Å². The van der Waals surface area contributed by atoms with Crippen LogP contribution in [-0.4, -0.2) is 46.8 Å². The predicted octanol–water partition coefficient (Wildman–Crippen LogP) is 2.21. The molecule has 2 aromatic carbocycles. The predicted molar refractivity (Wildman–Crippen MR) is 113 cm³/mol. The topological polar surface area (TPSA) is 132 Å². The molecule has 1 aliphatic heterocycles. The number of rotatable bonds is 4. The lowest BCUT2D eigenvalue weighted by Crippen LogP contribution is -2.21. The van der Waals surface area contributed by atoms with Gasteiger partial charge in [0, 0.05) is 23.1 Å². The quantitative estimate of drug-likeness (QED) is 0.386. The number of fused-ring (bicyclic) bond motifs is 1. The van der Waals surface area contributed by atoms with Crippen molar-refractivity contribution in [2.45, 2.75) is 12.5 Å². The normalized spacial score (nSPS) is 18.2. The number of para-hydroxylation sites is 2. The highest BCUT2D eigenvalue weighted by atomic mass is 32.2. The molecule has 1 fully saturated rings. The van der Waals surface area contributed by atoms with Gasteiger partial charge in [-0.1, -0.05) is 30.3 Å². The van der Waals surface area contributed by atoms with Crippen LogP contribution in [0.15, 0.2) is 58.3 Å². The van der Waals surface area contributed by atoms with Crippen LogP contribution in [0.4, 0.5) is 5.69 Å². The third-order valence-electron chi connectivity index (χ3n) is 5.05. The summed E-state index contributed by atoms with van der Waals surface area (Å²) >= 11 is 0. The van der Waals surface area contributed by atoms with Crippen molar-refractivity contribution in [3.8, 4) is 11.6 Å². The smallest absolute Gasteiger partial charge is 0.293 e. The molecule has 1 N–H and O–H groups in total. The first-order chi connectivity index (χ1) is 14.3. The molecule has 1 saturated heterocycles. The van der Waals surface area contributed by atoms with Crippen LogP contribution in [0, 0.1) is 10.1 Å². The fraction of sp³-hybridized carbons (Fsp3) is 0.200. The van der Waals surface area contributed by atoms with E-state index in [9.17, 15) is 28.4 Å². The first-order valence-corrected chi connectivity index (χ1v) is 10.9. The summed E-state index contributed by atoms with van der Waals surface area (Å²) in [4.78, 5) is 28.2. The number of aromatic hydroxyl groups is 1. The van der Waals surface area contributed by atoms with Gasteiger partial charge in [-0.05, 0) is 18.6 Å². The number of nitrogens with zero attached hydrogens (tertiary/aromatic N) is 3. The Hall–Kier alpha value is -3.53. The number of benzene rings is 2. The summed E-state index contributed by atoms with van der Waals surface area (Å²) in [5.41, 5.74) is -0.838. The number of nitro benzene ring substituents is 1. The van der Waals surface area contributed by atoms with Gasteiger partial charge in [-0.2, -0.15) is 0 Å². The van der Waals surface area contributed by atoms with Crippen molar-refractivity contribution >= 4 is 32.5 Å². The molecule has 1 aliphatic rings. The number of pyridine rings is 1. The lowest BCUT2D eigenvalue weighted by Gasteiger charge is -2.14. The molecule has 0 unspecified atom stereocenters. The second-order valence-electron chi connectivity index (χ2n) is 7.00. The van der Waals surface area contributed by atoms with Crippen LogP contribution in [0.1, 0.15) is 12.0 Å². The lowest BCUT2D eigenvalue weighted by molar-refractivity contribution is -0.384. The highest BCUT2D eigenvalue weighted by Crippen LogP contribution is 2.30. The minimum absolute atomic E-state index is 0.0530. The average molecular weight is 427 g/mol. The third-order valence-corrected chi connectivity index (χ3v) is 6.80. The molecule has 0 bridgehead atoms. The Morgan fingerprint density at radius 3 is 2.47 bits per heavy atom. The Balaban J connectivity index is 1.96. The van der Waals surface area contributed by atoms with Gasteiger partial charge in [0.25, 0.3) is 11.2 Å². The maximum Gasteiger partial charge on any atom is 0.293 e. The van der Waals surface area contributed by atoms with Gasteiger partial charge in [-0.15, -0.1) is 0 Å². The zero-order valence-electron chi connectivity index (χ0n) is 15.6. The second kappa shape index (κ2) is 7.38. The highest BCUT2D eigenvalue weighted by molar-refractivity contribution is 7.91. The number of sulfone groups is 1. The Bertz CT molecular complexity index is 1360. The summed E-state index contributed by atoms with van der Waals surface area (Å²) < 4.78 is 24.3. The molecule has 154 valence electrons. The van der Waals surface area contributed by atoms with Crippen molar-refractivity contribution < 1.29 is 18.4 Å². The summed E-state index contributed by atoms with van der Waals surface area (Å²) in [7, 11) is -3.13. The van der Waals surface area contributed by atoms with E-state index in [0.29, 0.717) is 11.8 Å². The van der Waals surface area contributed by atoms with Gasteiger partial charge in [-0.25, -0.2) is 13.0 Å². The summed E-state index contributed by atoms with van der Waals surface area (Å²) in [5, 5.41) is 23.0. The third kappa shape index (κ3) is 3.45. The van der Waals surface area contributed by atoms with E-state index in [-0.39, 0.29) is 33.8 Å². The van der Waals surface area contributed by atoms with E-state index in [2.05, 4.69) is 4.99 Å². The van der Waals surface area contributed by atoms with Gasteiger partial charge >= 0.3 is 0 Å². The number of nitro groups is 1. The standard InChI is InChI=1S/C20H17N3O6S/c24-19-15-6-2-1-5-14(15)16(11-21-13-9-10-30(28,29)12-13)20(25)22(19)17-7-3-4-8-18(17)23(26)27/h1-8,11,13,25H,9-10,12H2/t13-/m0/s1. The maximum atomic E-state index is 13.1. The molecule has 1 atom stereocenters. The molecule has 10 heteroatoms. The summed E-state index contributed by atoms with van der Waals surface area (Å²) in [6.45, 7) is 0. The summed E-state index contributed by atoms with van der Waals surface area (Å²) in [6, 6.07) is 11.7. The first-order valence-electron chi connectivity index (χ1n) is 9.12. The lowest BCUT2D eigenvalue weighted by atomic mass is 10.1. The molecule has 9 nitrogen and oxygen atoms in total. The summed E-state index contributed by atoms with van der Waals surface area (Å²) in [6.07, 6.45) is 1.72. The van der Waals surface area contributed by atoms with E-state index in [1.807, 2.05) is 0 Å².